The van der Waals surface area contributed by atoms with Crippen LogP contribution in [0.5, 0.6) is 5.75 Å². The van der Waals surface area contributed by atoms with Gasteiger partial charge in [-0.3, -0.25) is 9.69 Å². The summed E-state index contributed by atoms with van der Waals surface area (Å²) >= 11 is 0. The summed E-state index contributed by atoms with van der Waals surface area (Å²) < 4.78 is 11.2. The molecule has 2 unspecified atom stereocenters. The predicted octanol–water partition coefficient (Wildman–Crippen LogP) is 2.47. The number of benzene rings is 1. The van der Waals surface area contributed by atoms with Crippen molar-refractivity contribution >= 4 is 5.91 Å². The molecule has 2 fully saturated rings. The van der Waals surface area contributed by atoms with E-state index < -0.39 is 0 Å². The van der Waals surface area contributed by atoms with Crippen LogP contribution in [0.2, 0.25) is 0 Å². The van der Waals surface area contributed by atoms with Crippen LogP contribution in [0.3, 0.4) is 0 Å². The van der Waals surface area contributed by atoms with Crippen molar-refractivity contribution in [3.05, 3.63) is 29.8 Å². The van der Waals surface area contributed by atoms with Gasteiger partial charge in [-0.25, -0.2) is 0 Å². The van der Waals surface area contributed by atoms with E-state index in [4.69, 9.17) is 9.47 Å². The van der Waals surface area contributed by atoms with Crippen LogP contribution in [0.25, 0.3) is 0 Å². The number of piperazine rings is 1. The quantitative estimate of drug-likeness (QED) is 0.849. The third-order valence-electron chi connectivity index (χ3n) is 5.17. The third kappa shape index (κ3) is 3.90. The van der Waals surface area contributed by atoms with Crippen LogP contribution < -0.4 is 4.74 Å². The minimum Gasteiger partial charge on any atom is -0.496 e. The van der Waals surface area contributed by atoms with Crippen LogP contribution in [0, 0.1) is 0 Å². The molecule has 2 saturated heterocycles. The van der Waals surface area contributed by atoms with Gasteiger partial charge >= 0.3 is 0 Å². The molecule has 24 heavy (non-hydrogen) atoms. The van der Waals surface area contributed by atoms with Gasteiger partial charge in [-0.1, -0.05) is 18.2 Å². The first-order chi connectivity index (χ1) is 11.7. The van der Waals surface area contributed by atoms with Crippen LogP contribution >= 0.6 is 0 Å². The van der Waals surface area contributed by atoms with Crippen molar-refractivity contribution in [1.82, 2.24) is 9.80 Å². The zero-order valence-corrected chi connectivity index (χ0v) is 14.7. The number of rotatable bonds is 4. The molecule has 5 nitrogen and oxygen atoms in total. The molecule has 2 atom stereocenters. The smallest absolute Gasteiger partial charge is 0.225 e. The summed E-state index contributed by atoms with van der Waals surface area (Å²) in [5, 5.41) is 0. The van der Waals surface area contributed by atoms with E-state index in [1.807, 2.05) is 23.1 Å². The van der Waals surface area contributed by atoms with Gasteiger partial charge < -0.3 is 14.4 Å². The molecule has 5 heteroatoms. The number of para-hydroxylation sites is 1. The van der Waals surface area contributed by atoms with Crippen molar-refractivity contribution in [2.24, 2.45) is 0 Å². The monoisotopic (exact) mass is 332 g/mol. The second-order valence-electron chi connectivity index (χ2n) is 6.77. The van der Waals surface area contributed by atoms with Gasteiger partial charge in [-0.05, 0) is 32.4 Å². The third-order valence-corrected chi connectivity index (χ3v) is 5.17. The average molecular weight is 332 g/mol. The Kier molecular flexibility index (Phi) is 5.74. The largest absolute Gasteiger partial charge is 0.496 e. The van der Waals surface area contributed by atoms with E-state index in [0.29, 0.717) is 13.0 Å². The first kappa shape index (κ1) is 17.2. The van der Waals surface area contributed by atoms with Gasteiger partial charge in [0.2, 0.25) is 5.91 Å². The summed E-state index contributed by atoms with van der Waals surface area (Å²) in [7, 11) is 3.81. The number of carbonyl (C=O) groups excluding carboxylic acids is 1. The van der Waals surface area contributed by atoms with Crippen LogP contribution in [0.4, 0.5) is 0 Å². The highest BCUT2D eigenvalue weighted by Gasteiger charge is 2.31. The molecular weight excluding hydrogens is 304 g/mol. The lowest BCUT2D eigenvalue weighted by atomic mass is 10.0. The van der Waals surface area contributed by atoms with E-state index in [1.54, 1.807) is 7.11 Å². The fourth-order valence-corrected chi connectivity index (χ4v) is 3.67. The Labute approximate surface area is 144 Å². The number of likely N-dealkylation sites (N-methyl/N-ethyl adjacent to an activating group) is 1. The summed E-state index contributed by atoms with van der Waals surface area (Å²) in [5.74, 6) is 1.11. The summed E-state index contributed by atoms with van der Waals surface area (Å²) in [6.45, 7) is 3.17. The molecule has 2 aliphatic heterocycles. The molecule has 0 saturated carbocycles. The van der Waals surface area contributed by atoms with Crippen molar-refractivity contribution in [3.8, 4) is 5.75 Å². The zero-order valence-electron chi connectivity index (χ0n) is 14.7. The molecule has 1 aromatic rings. The number of ether oxygens (including phenoxy) is 2. The average Bonchev–Trinajstić information content (AvgIpc) is 2.63. The summed E-state index contributed by atoms with van der Waals surface area (Å²) in [6, 6.07) is 8.26. The van der Waals surface area contributed by atoms with Gasteiger partial charge in [0.25, 0.3) is 0 Å². The second kappa shape index (κ2) is 7.99. The highest BCUT2D eigenvalue weighted by molar-refractivity contribution is 5.77. The fraction of sp³-hybridized carbons (Fsp3) is 0.632. The SMILES string of the molecule is COc1ccccc1C1CN(C(=O)CC2CCCCO2)CCN1C. The highest BCUT2D eigenvalue weighted by atomic mass is 16.5. The Morgan fingerprint density at radius 1 is 1.29 bits per heavy atom. The Morgan fingerprint density at radius 3 is 2.88 bits per heavy atom. The molecule has 2 aliphatic rings. The topological polar surface area (TPSA) is 42.0 Å². The van der Waals surface area contributed by atoms with E-state index in [0.717, 1.165) is 43.9 Å². The number of hydrogen-bond acceptors (Lipinski definition) is 4. The van der Waals surface area contributed by atoms with Crippen molar-refractivity contribution in [2.45, 2.75) is 37.8 Å². The summed E-state index contributed by atoms with van der Waals surface area (Å²) in [4.78, 5) is 17.0. The molecule has 1 amide bonds. The predicted molar refractivity (Wildman–Crippen MR) is 93.2 cm³/mol. The minimum atomic E-state index is 0.107. The van der Waals surface area contributed by atoms with Crippen molar-refractivity contribution in [2.75, 3.05) is 40.4 Å². The first-order valence-corrected chi connectivity index (χ1v) is 8.91. The van der Waals surface area contributed by atoms with Gasteiger partial charge in [0, 0.05) is 31.8 Å². The van der Waals surface area contributed by atoms with Crippen LogP contribution in [-0.4, -0.2) is 62.2 Å². The number of hydrogen-bond donors (Lipinski definition) is 0. The van der Waals surface area contributed by atoms with E-state index in [-0.39, 0.29) is 18.1 Å². The fourth-order valence-electron chi connectivity index (χ4n) is 3.67. The molecule has 3 rings (SSSR count). The molecular formula is C19H28N2O3. The molecule has 0 bridgehead atoms. The molecule has 0 N–H and O–H groups in total. The van der Waals surface area contributed by atoms with Crippen LogP contribution in [0.1, 0.15) is 37.3 Å². The summed E-state index contributed by atoms with van der Waals surface area (Å²) in [5.41, 5.74) is 1.15. The molecule has 1 aromatic carbocycles. The Hall–Kier alpha value is -1.59. The molecule has 0 aliphatic carbocycles. The maximum Gasteiger partial charge on any atom is 0.225 e. The van der Waals surface area contributed by atoms with Gasteiger partial charge in [-0.2, -0.15) is 0 Å². The lowest BCUT2D eigenvalue weighted by Crippen LogP contribution is -2.49. The van der Waals surface area contributed by atoms with E-state index >= 15 is 0 Å². The lowest BCUT2D eigenvalue weighted by molar-refractivity contribution is -0.138. The standard InChI is InChI=1S/C19H28N2O3/c1-20-10-11-21(19(22)13-15-7-5-6-12-24-15)14-17(20)16-8-3-4-9-18(16)23-2/h3-4,8-9,15,17H,5-7,10-14H2,1-2H3. The second-order valence-corrected chi connectivity index (χ2v) is 6.77. The first-order valence-electron chi connectivity index (χ1n) is 8.91. The Bertz CT molecular complexity index is 557. The zero-order chi connectivity index (χ0) is 16.9. The Balaban J connectivity index is 1.67. The maximum absolute atomic E-state index is 12.7. The van der Waals surface area contributed by atoms with E-state index in [1.165, 1.54) is 6.42 Å². The van der Waals surface area contributed by atoms with Gasteiger partial charge in [0.1, 0.15) is 5.75 Å². The summed E-state index contributed by atoms with van der Waals surface area (Å²) in [6.07, 6.45) is 3.92. The molecule has 132 valence electrons. The number of nitrogens with zero attached hydrogens (tertiary/aromatic N) is 2. The van der Waals surface area contributed by atoms with Crippen LogP contribution in [-0.2, 0) is 9.53 Å². The number of carbonyl (C=O) groups is 1. The van der Waals surface area contributed by atoms with Crippen LogP contribution in [0.15, 0.2) is 24.3 Å². The number of amides is 1. The van der Waals surface area contributed by atoms with Gasteiger partial charge in [-0.15, -0.1) is 0 Å². The maximum atomic E-state index is 12.7. The normalized spacial score (nSPS) is 25.5. The molecule has 2 heterocycles. The van der Waals surface area contributed by atoms with E-state index in [9.17, 15) is 4.79 Å². The van der Waals surface area contributed by atoms with E-state index in [2.05, 4.69) is 18.0 Å². The van der Waals surface area contributed by atoms with Gasteiger partial charge in [0.15, 0.2) is 0 Å². The molecule has 0 radical (unpaired) electrons. The number of methoxy groups -OCH3 is 1. The molecule has 0 aromatic heterocycles. The van der Waals surface area contributed by atoms with Crippen molar-refractivity contribution in [3.63, 3.8) is 0 Å². The minimum absolute atomic E-state index is 0.107. The molecule has 0 spiro atoms. The van der Waals surface area contributed by atoms with Crippen molar-refractivity contribution in [1.29, 1.82) is 0 Å². The highest BCUT2D eigenvalue weighted by Crippen LogP contribution is 2.31. The van der Waals surface area contributed by atoms with Gasteiger partial charge in [0.05, 0.1) is 25.7 Å². The Morgan fingerprint density at radius 2 is 2.12 bits per heavy atom. The lowest BCUT2D eigenvalue weighted by Gasteiger charge is -2.40. The van der Waals surface area contributed by atoms with Crippen molar-refractivity contribution < 1.29 is 14.3 Å².